The lowest BCUT2D eigenvalue weighted by Gasteiger charge is -2.04. The number of ether oxygens (including phenoxy) is 1. The van der Waals surface area contributed by atoms with Gasteiger partial charge in [0.25, 0.3) is 5.82 Å². The summed E-state index contributed by atoms with van der Waals surface area (Å²) in [5.74, 6) is 1.73. The summed E-state index contributed by atoms with van der Waals surface area (Å²) >= 11 is 0. The summed E-state index contributed by atoms with van der Waals surface area (Å²) in [5.41, 5.74) is 2.69. The van der Waals surface area contributed by atoms with Crippen LogP contribution in [0.4, 0.5) is 4.39 Å². The van der Waals surface area contributed by atoms with E-state index in [0.29, 0.717) is 12.1 Å². The molecule has 4 rings (SSSR count). The fourth-order valence-corrected chi connectivity index (χ4v) is 3.85. The van der Waals surface area contributed by atoms with Crippen molar-refractivity contribution >= 4 is 5.78 Å². The third-order valence-electron chi connectivity index (χ3n) is 5.36. The number of carbonyl (C=O) groups is 1. The van der Waals surface area contributed by atoms with Gasteiger partial charge in [0.05, 0.1) is 13.7 Å². The van der Waals surface area contributed by atoms with Crippen molar-refractivity contribution in [1.82, 2.24) is 4.57 Å². The van der Waals surface area contributed by atoms with E-state index in [9.17, 15) is 9.18 Å². The zero-order valence-electron chi connectivity index (χ0n) is 16.4. The van der Waals surface area contributed by atoms with E-state index < -0.39 is 0 Å². The van der Waals surface area contributed by atoms with Crippen molar-refractivity contribution in [3.8, 4) is 17.0 Å². The second-order valence-corrected chi connectivity index (χ2v) is 7.18. The van der Waals surface area contributed by atoms with Crippen molar-refractivity contribution in [1.29, 1.82) is 0 Å². The predicted octanol–water partition coefficient (Wildman–Crippen LogP) is 1.20. The molecular weight excluding hydrogens is 435 g/mol. The number of halogens is 2. The van der Waals surface area contributed by atoms with E-state index in [-0.39, 0.29) is 28.6 Å². The molecule has 0 bridgehead atoms. The van der Waals surface area contributed by atoms with E-state index in [2.05, 4.69) is 9.13 Å². The van der Waals surface area contributed by atoms with Crippen LogP contribution in [0.15, 0.2) is 54.7 Å². The molecule has 0 unspecified atom stereocenters. The molecule has 0 N–H and O–H groups in total. The quantitative estimate of drug-likeness (QED) is 0.425. The normalized spacial score (nSPS) is 13.2. The smallest absolute Gasteiger partial charge is 0.257 e. The van der Waals surface area contributed by atoms with E-state index in [1.165, 1.54) is 24.4 Å². The van der Waals surface area contributed by atoms with E-state index in [0.717, 1.165) is 42.8 Å². The molecular formula is C23H24BrFN2O2. The highest BCUT2D eigenvalue weighted by Crippen LogP contribution is 2.24. The minimum Gasteiger partial charge on any atom is -1.00 e. The largest absolute Gasteiger partial charge is 1.00 e. The number of aromatic nitrogens is 2. The van der Waals surface area contributed by atoms with Crippen LogP contribution in [0.5, 0.6) is 5.75 Å². The lowest BCUT2D eigenvalue weighted by atomic mass is 10.1. The van der Waals surface area contributed by atoms with Gasteiger partial charge in [-0.1, -0.05) is 0 Å². The van der Waals surface area contributed by atoms with Crippen molar-refractivity contribution in [2.24, 2.45) is 0 Å². The third kappa shape index (κ3) is 4.58. The van der Waals surface area contributed by atoms with Gasteiger partial charge in [-0.15, -0.1) is 0 Å². The Morgan fingerprint density at radius 3 is 2.48 bits per heavy atom. The summed E-state index contributed by atoms with van der Waals surface area (Å²) in [5, 5.41) is 0. The number of fused-ring (bicyclic) bond motifs is 1. The van der Waals surface area contributed by atoms with Crippen molar-refractivity contribution in [3.63, 3.8) is 0 Å². The molecule has 0 saturated carbocycles. The van der Waals surface area contributed by atoms with Crippen LogP contribution < -0.4 is 26.3 Å². The SMILES string of the molecule is COc1ccc(C(=O)C[n+]2cc(-c3ccc(F)cc3)n3c2CCCCC3)cc1.[Br-]. The molecule has 0 aliphatic carbocycles. The number of ketones is 1. The maximum absolute atomic E-state index is 13.4. The van der Waals surface area contributed by atoms with Crippen molar-refractivity contribution < 1.29 is 35.5 Å². The number of nitrogens with zero attached hydrogens (tertiary/aromatic N) is 2. The maximum Gasteiger partial charge on any atom is 0.257 e. The second kappa shape index (κ2) is 9.35. The van der Waals surface area contributed by atoms with Crippen molar-refractivity contribution in [2.45, 2.75) is 38.8 Å². The highest BCUT2D eigenvalue weighted by molar-refractivity contribution is 5.95. The van der Waals surface area contributed by atoms with Gasteiger partial charge in [-0.05, 0) is 67.8 Å². The molecule has 0 atom stereocenters. The lowest BCUT2D eigenvalue weighted by Crippen LogP contribution is -3.00. The molecule has 3 aromatic rings. The summed E-state index contributed by atoms with van der Waals surface area (Å²) in [6.07, 6.45) is 6.38. The fraction of sp³-hybridized carbons (Fsp3) is 0.304. The molecule has 1 aliphatic heterocycles. The number of Topliss-reactive ketones (excluding diaryl/α,β-unsaturated/α-hetero) is 1. The molecule has 0 saturated heterocycles. The minimum absolute atomic E-state index is 0. The number of hydrogen-bond acceptors (Lipinski definition) is 2. The van der Waals surface area contributed by atoms with Crippen LogP contribution in [0.3, 0.4) is 0 Å². The van der Waals surface area contributed by atoms with Gasteiger partial charge < -0.3 is 21.7 Å². The first-order chi connectivity index (χ1) is 13.7. The lowest BCUT2D eigenvalue weighted by molar-refractivity contribution is -0.690. The number of methoxy groups -OCH3 is 1. The highest BCUT2D eigenvalue weighted by Gasteiger charge is 2.27. The van der Waals surface area contributed by atoms with Gasteiger partial charge in [-0.25, -0.2) is 13.5 Å². The van der Waals surface area contributed by atoms with Gasteiger partial charge in [0, 0.05) is 17.5 Å². The number of hydrogen-bond donors (Lipinski definition) is 0. The Balaban J connectivity index is 0.00000240. The molecule has 0 amide bonds. The van der Waals surface area contributed by atoms with Gasteiger partial charge in [0.2, 0.25) is 5.78 Å². The van der Waals surface area contributed by atoms with Gasteiger partial charge in [-0.3, -0.25) is 4.79 Å². The molecule has 6 heteroatoms. The molecule has 0 fully saturated rings. The molecule has 152 valence electrons. The van der Waals surface area contributed by atoms with Crippen LogP contribution >= 0.6 is 0 Å². The molecule has 2 aromatic carbocycles. The van der Waals surface area contributed by atoms with Gasteiger partial charge >= 0.3 is 0 Å². The molecule has 1 aliphatic rings. The minimum atomic E-state index is -0.242. The fourth-order valence-electron chi connectivity index (χ4n) is 3.85. The first-order valence-electron chi connectivity index (χ1n) is 9.71. The Morgan fingerprint density at radius 1 is 1.07 bits per heavy atom. The average molecular weight is 459 g/mol. The van der Waals surface area contributed by atoms with Crippen LogP contribution in [0.1, 0.15) is 35.4 Å². The monoisotopic (exact) mass is 458 g/mol. The topological polar surface area (TPSA) is 35.1 Å². The first-order valence-corrected chi connectivity index (χ1v) is 9.71. The molecule has 1 aromatic heterocycles. The highest BCUT2D eigenvalue weighted by atomic mass is 79.9. The van der Waals surface area contributed by atoms with E-state index in [1.54, 1.807) is 31.4 Å². The van der Waals surface area contributed by atoms with Crippen molar-refractivity contribution in [3.05, 3.63) is 71.9 Å². The zero-order valence-corrected chi connectivity index (χ0v) is 18.0. The Morgan fingerprint density at radius 2 is 1.79 bits per heavy atom. The Bertz CT molecular complexity index is 981. The Kier molecular flexibility index (Phi) is 6.85. The third-order valence-corrected chi connectivity index (χ3v) is 5.36. The predicted molar refractivity (Wildman–Crippen MR) is 105 cm³/mol. The van der Waals surface area contributed by atoms with Crippen LogP contribution in [0.2, 0.25) is 0 Å². The molecule has 4 nitrogen and oxygen atoms in total. The van der Waals surface area contributed by atoms with Gasteiger partial charge in [0.15, 0.2) is 12.2 Å². The van der Waals surface area contributed by atoms with Crippen LogP contribution in [0.25, 0.3) is 11.3 Å². The average Bonchev–Trinajstić information content (AvgIpc) is 2.90. The number of carbonyl (C=O) groups excluding carboxylic acids is 1. The molecule has 0 radical (unpaired) electrons. The van der Waals surface area contributed by atoms with E-state index in [4.69, 9.17) is 4.74 Å². The number of imidazole rings is 1. The first kappa shape index (κ1) is 21.2. The summed E-state index contributed by atoms with van der Waals surface area (Å²) < 4.78 is 22.9. The second-order valence-electron chi connectivity index (χ2n) is 7.18. The Labute approximate surface area is 180 Å². The van der Waals surface area contributed by atoms with E-state index >= 15 is 0 Å². The van der Waals surface area contributed by atoms with Gasteiger partial charge in [-0.2, -0.15) is 0 Å². The summed E-state index contributed by atoms with van der Waals surface area (Å²) in [7, 11) is 1.61. The summed E-state index contributed by atoms with van der Waals surface area (Å²) in [6, 6.07) is 13.8. The van der Waals surface area contributed by atoms with Crippen molar-refractivity contribution in [2.75, 3.05) is 7.11 Å². The number of benzene rings is 2. The summed E-state index contributed by atoms with van der Waals surface area (Å²) in [6.45, 7) is 1.22. The summed E-state index contributed by atoms with van der Waals surface area (Å²) in [4.78, 5) is 12.9. The Hall–Kier alpha value is -2.47. The van der Waals surface area contributed by atoms with Gasteiger partial charge in [0.1, 0.15) is 17.8 Å². The van der Waals surface area contributed by atoms with Crippen LogP contribution in [-0.4, -0.2) is 17.5 Å². The zero-order chi connectivity index (χ0) is 19.5. The molecule has 0 spiro atoms. The maximum atomic E-state index is 13.4. The van der Waals surface area contributed by atoms with Crippen LogP contribution in [-0.2, 0) is 19.5 Å². The van der Waals surface area contributed by atoms with E-state index in [1.807, 2.05) is 18.3 Å². The van der Waals surface area contributed by atoms with Crippen LogP contribution in [0, 0.1) is 5.82 Å². The molecule has 29 heavy (non-hydrogen) atoms. The standard InChI is InChI=1S/C23H24FN2O2.BrH/c1-28-20-12-8-18(9-13-20)22(27)16-25-15-21(17-6-10-19(24)11-7-17)26-14-4-2-3-5-23(25)26;/h6-13,15H,2-5,14,16H2,1H3;1H/q+1;/p-1. The molecule has 2 heterocycles. The number of rotatable bonds is 5.